The number of carbonyl (C=O) groups is 1. The van der Waals surface area contributed by atoms with E-state index in [-0.39, 0.29) is 5.91 Å². The summed E-state index contributed by atoms with van der Waals surface area (Å²) in [6.07, 6.45) is 1.55. The Morgan fingerprint density at radius 2 is 1.88 bits per heavy atom. The maximum Gasteiger partial charge on any atom is 0.236 e. The van der Waals surface area contributed by atoms with Crippen molar-refractivity contribution in [1.29, 1.82) is 0 Å². The Kier molecular flexibility index (Phi) is 5.49. The Balaban J connectivity index is 1.77. The third-order valence-corrected chi connectivity index (χ3v) is 3.89. The molecule has 3 aromatic carbocycles. The molecule has 0 saturated heterocycles. The molecule has 1 N–H and O–H groups in total. The van der Waals surface area contributed by atoms with Gasteiger partial charge in [0.05, 0.1) is 13.3 Å². The fourth-order valence-electron chi connectivity index (χ4n) is 2.66. The fraction of sp³-hybridized carbons (Fsp3) is 0.143. The number of benzene rings is 3. The van der Waals surface area contributed by atoms with Crippen LogP contribution in [0.4, 0.5) is 0 Å². The van der Waals surface area contributed by atoms with Crippen LogP contribution in [0.3, 0.4) is 0 Å². The lowest BCUT2D eigenvalue weighted by atomic mass is 10.1. The van der Waals surface area contributed by atoms with Gasteiger partial charge in [0.25, 0.3) is 0 Å². The maximum atomic E-state index is 10.9. The van der Waals surface area contributed by atoms with Gasteiger partial charge in [0, 0.05) is 6.92 Å². The summed E-state index contributed by atoms with van der Waals surface area (Å²) in [5.74, 6) is 1.04. The number of hydrazone groups is 1. The maximum absolute atomic E-state index is 10.9. The lowest BCUT2D eigenvalue weighted by Crippen LogP contribution is -2.12. The predicted molar refractivity (Wildman–Crippen MR) is 103 cm³/mol. The summed E-state index contributed by atoms with van der Waals surface area (Å²) in [6, 6.07) is 19.9. The molecule has 0 aliphatic heterocycles. The molecule has 0 atom stereocenters. The number of fused-ring (bicyclic) bond motifs is 1. The molecule has 0 aliphatic carbocycles. The summed E-state index contributed by atoms with van der Waals surface area (Å²) < 4.78 is 11.4. The lowest BCUT2D eigenvalue weighted by Gasteiger charge is -2.12. The summed E-state index contributed by atoms with van der Waals surface area (Å²) in [5, 5.41) is 6.21. The molecule has 0 unspecified atom stereocenters. The summed E-state index contributed by atoms with van der Waals surface area (Å²) in [7, 11) is 1.59. The van der Waals surface area contributed by atoms with E-state index in [4.69, 9.17) is 9.47 Å². The Hall–Kier alpha value is -3.34. The van der Waals surface area contributed by atoms with Gasteiger partial charge in [-0.05, 0) is 40.1 Å². The van der Waals surface area contributed by atoms with E-state index in [9.17, 15) is 4.79 Å². The van der Waals surface area contributed by atoms with Crippen LogP contribution in [0.5, 0.6) is 11.5 Å². The van der Waals surface area contributed by atoms with E-state index in [1.54, 1.807) is 13.3 Å². The number of ether oxygens (including phenoxy) is 2. The molecule has 3 aromatic rings. The van der Waals surface area contributed by atoms with Crippen LogP contribution in [0.1, 0.15) is 18.1 Å². The van der Waals surface area contributed by atoms with E-state index in [0.717, 1.165) is 11.1 Å². The number of rotatable bonds is 6. The van der Waals surface area contributed by atoms with Crippen molar-refractivity contribution in [2.45, 2.75) is 13.5 Å². The zero-order valence-corrected chi connectivity index (χ0v) is 14.7. The highest BCUT2D eigenvalue weighted by Gasteiger charge is 2.07. The van der Waals surface area contributed by atoms with Gasteiger partial charge in [-0.2, -0.15) is 5.10 Å². The molecule has 0 fully saturated rings. The fourth-order valence-corrected chi connectivity index (χ4v) is 2.66. The van der Waals surface area contributed by atoms with E-state index in [1.807, 2.05) is 36.4 Å². The minimum absolute atomic E-state index is 0.219. The van der Waals surface area contributed by atoms with Crippen molar-refractivity contribution in [3.05, 3.63) is 71.8 Å². The van der Waals surface area contributed by atoms with Crippen molar-refractivity contribution in [2.75, 3.05) is 7.11 Å². The highest BCUT2D eigenvalue weighted by Crippen LogP contribution is 2.29. The monoisotopic (exact) mass is 348 g/mol. The minimum Gasteiger partial charge on any atom is -0.493 e. The zero-order valence-electron chi connectivity index (χ0n) is 14.7. The van der Waals surface area contributed by atoms with E-state index < -0.39 is 0 Å². The molecular weight excluding hydrogens is 328 g/mol. The SMILES string of the molecule is COc1cc(/C=N\NC(C)=O)ccc1OCc1cccc2ccccc12. The second kappa shape index (κ2) is 8.16. The van der Waals surface area contributed by atoms with Crippen LogP contribution >= 0.6 is 0 Å². The number of carbonyl (C=O) groups excluding carboxylic acids is 1. The van der Waals surface area contributed by atoms with Crippen LogP contribution in [0.25, 0.3) is 10.8 Å². The number of hydrogen-bond donors (Lipinski definition) is 1. The first-order valence-electron chi connectivity index (χ1n) is 8.24. The van der Waals surface area contributed by atoms with Gasteiger partial charge >= 0.3 is 0 Å². The largest absolute Gasteiger partial charge is 0.493 e. The third-order valence-electron chi connectivity index (χ3n) is 3.89. The molecule has 5 heteroatoms. The molecule has 0 bridgehead atoms. The van der Waals surface area contributed by atoms with Crippen molar-refractivity contribution >= 4 is 22.9 Å². The third kappa shape index (κ3) is 4.19. The van der Waals surface area contributed by atoms with Gasteiger partial charge in [-0.3, -0.25) is 4.79 Å². The molecule has 0 heterocycles. The molecule has 3 rings (SSSR count). The summed E-state index contributed by atoms with van der Waals surface area (Å²) in [4.78, 5) is 10.9. The van der Waals surface area contributed by atoms with Crippen molar-refractivity contribution in [1.82, 2.24) is 5.43 Å². The van der Waals surface area contributed by atoms with Gasteiger partial charge in [0.1, 0.15) is 6.61 Å². The molecule has 0 spiro atoms. The topological polar surface area (TPSA) is 59.9 Å². The summed E-state index contributed by atoms with van der Waals surface area (Å²) >= 11 is 0. The van der Waals surface area contributed by atoms with Gasteiger partial charge < -0.3 is 9.47 Å². The number of hydrogen-bond acceptors (Lipinski definition) is 4. The Morgan fingerprint density at radius 1 is 1.08 bits per heavy atom. The van der Waals surface area contributed by atoms with Crippen LogP contribution < -0.4 is 14.9 Å². The van der Waals surface area contributed by atoms with Crippen LogP contribution in [-0.4, -0.2) is 19.2 Å². The van der Waals surface area contributed by atoms with Gasteiger partial charge in [-0.15, -0.1) is 0 Å². The highest BCUT2D eigenvalue weighted by molar-refractivity contribution is 5.85. The normalized spacial score (nSPS) is 10.8. The first-order chi connectivity index (χ1) is 12.7. The highest BCUT2D eigenvalue weighted by atomic mass is 16.5. The Bertz CT molecular complexity index is 946. The van der Waals surface area contributed by atoms with Crippen molar-refractivity contribution in [2.24, 2.45) is 5.10 Å². The lowest BCUT2D eigenvalue weighted by molar-refractivity contribution is -0.118. The average molecular weight is 348 g/mol. The molecule has 0 saturated carbocycles. The molecule has 1 amide bonds. The van der Waals surface area contributed by atoms with E-state index >= 15 is 0 Å². The van der Waals surface area contributed by atoms with Crippen LogP contribution in [0.2, 0.25) is 0 Å². The Morgan fingerprint density at radius 3 is 2.69 bits per heavy atom. The predicted octanol–water partition coefficient (Wildman–Crippen LogP) is 3.90. The van der Waals surface area contributed by atoms with Crippen LogP contribution in [-0.2, 0) is 11.4 Å². The van der Waals surface area contributed by atoms with Gasteiger partial charge in [0.2, 0.25) is 5.91 Å². The summed E-state index contributed by atoms with van der Waals surface area (Å²) in [5.41, 5.74) is 4.28. The molecule has 0 radical (unpaired) electrons. The van der Waals surface area contributed by atoms with Crippen LogP contribution in [0.15, 0.2) is 65.8 Å². The molecular formula is C21H20N2O3. The van der Waals surface area contributed by atoms with E-state index in [1.165, 1.54) is 17.7 Å². The molecule has 5 nitrogen and oxygen atoms in total. The molecule has 0 aliphatic rings. The molecule has 0 aromatic heterocycles. The van der Waals surface area contributed by atoms with Crippen molar-refractivity contribution in [3.63, 3.8) is 0 Å². The first kappa shape index (κ1) is 17.5. The van der Waals surface area contributed by atoms with E-state index in [2.05, 4.69) is 34.8 Å². The van der Waals surface area contributed by atoms with Gasteiger partial charge in [-0.1, -0.05) is 42.5 Å². The number of nitrogens with zero attached hydrogens (tertiary/aromatic N) is 1. The summed E-state index contributed by atoms with van der Waals surface area (Å²) in [6.45, 7) is 1.85. The van der Waals surface area contributed by atoms with E-state index in [0.29, 0.717) is 18.1 Å². The second-order valence-electron chi connectivity index (χ2n) is 5.76. The second-order valence-corrected chi connectivity index (χ2v) is 5.76. The van der Waals surface area contributed by atoms with Crippen molar-refractivity contribution < 1.29 is 14.3 Å². The standard InChI is InChI=1S/C21H20N2O3/c1-15(24)23-22-13-16-10-11-20(21(12-16)25-2)26-14-18-8-5-7-17-6-3-4-9-19(17)18/h3-13H,14H2,1-2H3,(H,23,24)/b22-13-. The van der Waals surface area contributed by atoms with Crippen molar-refractivity contribution in [3.8, 4) is 11.5 Å². The average Bonchev–Trinajstić information content (AvgIpc) is 2.66. The Labute approximate surface area is 152 Å². The number of nitrogens with one attached hydrogen (secondary N) is 1. The van der Waals surface area contributed by atoms with Crippen LogP contribution in [0, 0.1) is 0 Å². The first-order valence-corrected chi connectivity index (χ1v) is 8.24. The smallest absolute Gasteiger partial charge is 0.236 e. The molecule has 132 valence electrons. The quantitative estimate of drug-likeness (QED) is 0.543. The minimum atomic E-state index is -0.219. The number of methoxy groups -OCH3 is 1. The number of amides is 1. The zero-order chi connectivity index (χ0) is 18.4. The van der Waals surface area contributed by atoms with Gasteiger partial charge in [0.15, 0.2) is 11.5 Å². The van der Waals surface area contributed by atoms with Gasteiger partial charge in [-0.25, -0.2) is 5.43 Å². The molecule has 26 heavy (non-hydrogen) atoms.